The summed E-state index contributed by atoms with van der Waals surface area (Å²) >= 11 is 3.15. The van der Waals surface area contributed by atoms with E-state index in [-0.39, 0.29) is 0 Å². The van der Waals surface area contributed by atoms with E-state index < -0.39 is 17.7 Å². The Bertz CT molecular complexity index is 746. The van der Waals surface area contributed by atoms with Crippen molar-refractivity contribution in [2.24, 2.45) is 0 Å². The molecule has 22 heavy (non-hydrogen) atoms. The van der Waals surface area contributed by atoms with Gasteiger partial charge in [0.25, 0.3) is 5.91 Å². The quantitative estimate of drug-likeness (QED) is 0.838. The van der Waals surface area contributed by atoms with Gasteiger partial charge in [0.1, 0.15) is 5.82 Å². The minimum atomic E-state index is -0.475. The lowest BCUT2D eigenvalue weighted by Crippen LogP contribution is -2.15. The second-order valence-electron chi connectivity index (χ2n) is 4.55. The van der Waals surface area contributed by atoms with Crippen LogP contribution in [0, 0.1) is 12.7 Å². The zero-order chi connectivity index (χ0) is 16.3. The summed E-state index contributed by atoms with van der Waals surface area (Å²) in [6.07, 6.45) is 0. The Morgan fingerprint density at radius 3 is 2.55 bits per heavy atom. The number of benzene rings is 2. The van der Waals surface area contributed by atoms with Gasteiger partial charge in [-0.25, -0.2) is 9.18 Å². The maximum absolute atomic E-state index is 13.1. The molecule has 0 aliphatic heterocycles. The summed E-state index contributed by atoms with van der Waals surface area (Å²) in [4.78, 5) is 23.9. The lowest BCUT2D eigenvalue weighted by atomic mass is 10.1. The summed E-state index contributed by atoms with van der Waals surface area (Å²) in [5, 5.41) is 2.71. The third-order valence-corrected chi connectivity index (χ3v) is 3.82. The van der Waals surface area contributed by atoms with Crippen LogP contribution >= 0.6 is 15.9 Å². The fraction of sp³-hybridized carbons (Fsp3) is 0.125. The van der Waals surface area contributed by atoms with E-state index in [1.54, 1.807) is 25.1 Å². The van der Waals surface area contributed by atoms with Gasteiger partial charge in [0.15, 0.2) is 0 Å². The fourth-order valence-electron chi connectivity index (χ4n) is 1.97. The molecule has 2 aromatic carbocycles. The Balaban J connectivity index is 2.31. The van der Waals surface area contributed by atoms with Crippen LogP contribution in [0.25, 0.3) is 0 Å². The second-order valence-corrected chi connectivity index (χ2v) is 5.40. The number of esters is 1. The number of halogens is 2. The first kappa shape index (κ1) is 16.2. The standard InChI is InChI=1S/C16H13BrFNO3/c1-9-11(16(21)22-2)4-3-5-14(9)19-15(20)12-7-6-10(18)8-13(12)17/h3-8H,1-2H3,(H,19,20). The van der Waals surface area contributed by atoms with E-state index in [1.807, 2.05) is 0 Å². The highest BCUT2D eigenvalue weighted by molar-refractivity contribution is 9.10. The predicted molar refractivity (Wildman–Crippen MR) is 84.6 cm³/mol. The van der Waals surface area contributed by atoms with Gasteiger partial charge in [-0.1, -0.05) is 6.07 Å². The van der Waals surface area contributed by atoms with Crippen molar-refractivity contribution in [3.63, 3.8) is 0 Å². The molecule has 2 aromatic rings. The van der Waals surface area contributed by atoms with Gasteiger partial charge in [-0.2, -0.15) is 0 Å². The zero-order valence-corrected chi connectivity index (χ0v) is 13.5. The maximum atomic E-state index is 13.1. The first-order valence-electron chi connectivity index (χ1n) is 6.38. The monoisotopic (exact) mass is 365 g/mol. The Morgan fingerprint density at radius 1 is 1.18 bits per heavy atom. The van der Waals surface area contributed by atoms with E-state index in [9.17, 15) is 14.0 Å². The van der Waals surface area contributed by atoms with E-state index in [0.29, 0.717) is 26.9 Å². The van der Waals surface area contributed by atoms with E-state index in [0.717, 1.165) is 0 Å². The Morgan fingerprint density at radius 2 is 1.91 bits per heavy atom. The molecule has 0 aromatic heterocycles. The predicted octanol–water partition coefficient (Wildman–Crippen LogP) is 3.94. The second kappa shape index (κ2) is 6.70. The third-order valence-electron chi connectivity index (χ3n) is 3.16. The summed E-state index contributed by atoms with van der Waals surface area (Å²) in [6, 6.07) is 8.74. The van der Waals surface area contributed by atoms with Gasteiger partial charge in [-0.05, 0) is 58.7 Å². The first-order valence-corrected chi connectivity index (χ1v) is 7.17. The topological polar surface area (TPSA) is 55.4 Å². The average Bonchev–Trinajstić information content (AvgIpc) is 2.48. The molecule has 0 bridgehead atoms. The third kappa shape index (κ3) is 3.33. The first-order chi connectivity index (χ1) is 10.4. The molecule has 1 amide bonds. The molecule has 0 radical (unpaired) electrons. The van der Waals surface area contributed by atoms with E-state index >= 15 is 0 Å². The van der Waals surface area contributed by atoms with Gasteiger partial charge in [0.2, 0.25) is 0 Å². The number of ether oxygens (including phenoxy) is 1. The molecular formula is C16H13BrFNO3. The Kier molecular flexibility index (Phi) is 4.92. The van der Waals surface area contributed by atoms with Crippen LogP contribution in [-0.2, 0) is 4.74 Å². The van der Waals surface area contributed by atoms with E-state index in [1.165, 1.54) is 25.3 Å². The molecule has 0 atom stereocenters. The number of amides is 1. The number of carbonyl (C=O) groups excluding carboxylic acids is 2. The smallest absolute Gasteiger partial charge is 0.338 e. The molecule has 0 unspecified atom stereocenters. The molecule has 0 spiro atoms. The summed E-state index contributed by atoms with van der Waals surface area (Å²) in [5.41, 5.74) is 1.76. The van der Waals surface area contributed by atoms with Crippen LogP contribution in [0.1, 0.15) is 26.3 Å². The van der Waals surface area contributed by atoms with Crippen molar-refractivity contribution in [3.05, 3.63) is 63.4 Å². The van der Waals surface area contributed by atoms with Gasteiger partial charge in [0.05, 0.1) is 18.2 Å². The van der Waals surface area contributed by atoms with Gasteiger partial charge in [0, 0.05) is 10.2 Å². The molecule has 0 saturated heterocycles. The van der Waals surface area contributed by atoms with Crippen molar-refractivity contribution in [1.82, 2.24) is 0 Å². The van der Waals surface area contributed by atoms with Crippen molar-refractivity contribution in [3.8, 4) is 0 Å². The van der Waals surface area contributed by atoms with Gasteiger partial charge >= 0.3 is 5.97 Å². The number of hydrogen-bond acceptors (Lipinski definition) is 3. The zero-order valence-electron chi connectivity index (χ0n) is 11.9. The molecule has 2 rings (SSSR count). The van der Waals surface area contributed by atoms with Crippen LogP contribution in [0.5, 0.6) is 0 Å². The molecule has 0 aliphatic rings. The van der Waals surface area contributed by atoms with Crippen molar-refractivity contribution in [1.29, 1.82) is 0 Å². The minimum absolute atomic E-state index is 0.296. The molecule has 0 fully saturated rings. The van der Waals surface area contributed by atoms with Crippen LogP contribution in [-0.4, -0.2) is 19.0 Å². The van der Waals surface area contributed by atoms with Crippen LogP contribution in [0.4, 0.5) is 10.1 Å². The van der Waals surface area contributed by atoms with Crippen molar-refractivity contribution in [2.75, 3.05) is 12.4 Å². The van der Waals surface area contributed by atoms with Crippen molar-refractivity contribution in [2.45, 2.75) is 6.92 Å². The normalized spacial score (nSPS) is 10.2. The number of methoxy groups -OCH3 is 1. The molecule has 0 heterocycles. The summed E-state index contributed by atoms with van der Waals surface area (Å²) < 4.78 is 18.1. The fourth-order valence-corrected chi connectivity index (χ4v) is 2.50. The molecule has 6 heteroatoms. The van der Waals surface area contributed by atoms with Crippen LogP contribution in [0.2, 0.25) is 0 Å². The number of rotatable bonds is 3. The lowest BCUT2D eigenvalue weighted by Gasteiger charge is -2.12. The maximum Gasteiger partial charge on any atom is 0.338 e. The van der Waals surface area contributed by atoms with Gasteiger partial charge in [-0.15, -0.1) is 0 Å². The highest BCUT2D eigenvalue weighted by Crippen LogP contribution is 2.23. The number of hydrogen-bond donors (Lipinski definition) is 1. The number of carbonyl (C=O) groups is 2. The Labute approximate surface area is 135 Å². The van der Waals surface area contributed by atoms with Crippen molar-refractivity contribution >= 4 is 33.5 Å². The average molecular weight is 366 g/mol. The SMILES string of the molecule is COC(=O)c1cccc(NC(=O)c2ccc(F)cc2Br)c1C. The van der Waals surface area contributed by atoms with E-state index in [2.05, 4.69) is 21.2 Å². The Hall–Kier alpha value is -2.21. The molecular weight excluding hydrogens is 353 g/mol. The van der Waals surface area contributed by atoms with Gasteiger partial charge in [-0.3, -0.25) is 4.79 Å². The summed E-state index contributed by atoms with van der Waals surface area (Å²) in [5.74, 6) is -1.32. The minimum Gasteiger partial charge on any atom is -0.465 e. The molecule has 114 valence electrons. The summed E-state index contributed by atoms with van der Waals surface area (Å²) in [7, 11) is 1.29. The summed E-state index contributed by atoms with van der Waals surface area (Å²) in [6.45, 7) is 1.71. The van der Waals surface area contributed by atoms with Gasteiger partial charge < -0.3 is 10.1 Å². The number of nitrogens with one attached hydrogen (secondary N) is 1. The molecule has 0 saturated carbocycles. The van der Waals surface area contributed by atoms with Crippen LogP contribution in [0.3, 0.4) is 0 Å². The number of anilines is 1. The van der Waals surface area contributed by atoms with Crippen molar-refractivity contribution < 1.29 is 18.7 Å². The molecule has 4 nitrogen and oxygen atoms in total. The van der Waals surface area contributed by atoms with Crippen LogP contribution in [0.15, 0.2) is 40.9 Å². The highest BCUT2D eigenvalue weighted by atomic mass is 79.9. The molecule has 1 N–H and O–H groups in total. The highest BCUT2D eigenvalue weighted by Gasteiger charge is 2.15. The van der Waals surface area contributed by atoms with E-state index in [4.69, 9.17) is 4.74 Å². The lowest BCUT2D eigenvalue weighted by molar-refractivity contribution is 0.0599. The van der Waals surface area contributed by atoms with Crippen LogP contribution < -0.4 is 5.32 Å². The largest absolute Gasteiger partial charge is 0.465 e. The molecule has 0 aliphatic carbocycles.